The maximum Gasteiger partial charge on any atom is 0.303 e. The molecular formula is C67H100O15. The number of hydrogen-bond donors (Lipinski definition) is 0. The average molecular weight is 1150 g/mol. The number of esters is 1. The molecule has 5 saturated heterocycles. The van der Waals surface area contributed by atoms with Crippen LogP contribution in [-0.2, 0) is 91.2 Å². The second kappa shape index (κ2) is 30.3. The minimum absolute atomic E-state index is 0.0452. The summed E-state index contributed by atoms with van der Waals surface area (Å²) >= 11 is 0. The second-order valence-corrected chi connectivity index (χ2v) is 24.8. The van der Waals surface area contributed by atoms with Gasteiger partial charge >= 0.3 is 5.97 Å². The lowest BCUT2D eigenvalue weighted by atomic mass is 9.78. The molecule has 5 heterocycles. The molecule has 0 bridgehead atoms. The minimum atomic E-state index is -1.08. The van der Waals surface area contributed by atoms with Crippen LogP contribution >= 0.6 is 0 Å². The molecule has 0 N–H and O–H groups in total. The molecule has 0 spiro atoms. The van der Waals surface area contributed by atoms with Gasteiger partial charge in [-0.1, -0.05) is 181 Å². The average Bonchev–Trinajstić information content (AvgIpc) is 3.10. The van der Waals surface area contributed by atoms with Gasteiger partial charge in [0.05, 0.1) is 63.1 Å². The number of carbonyl (C=O) groups is 1. The Morgan fingerprint density at radius 3 is 1.43 bits per heavy atom. The summed E-state index contributed by atoms with van der Waals surface area (Å²) in [4.78, 5) is 26.1. The summed E-state index contributed by atoms with van der Waals surface area (Å²) < 4.78 is 82.9. The third-order valence-corrected chi connectivity index (χ3v) is 19.5. The van der Waals surface area contributed by atoms with Crippen molar-refractivity contribution in [1.29, 1.82) is 0 Å². The van der Waals surface area contributed by atoms with Crippen molar-refractivity contribution >= 4 is 5.97 Å². The van der Waals surface area contributed by atoms with Gasteiger partial charge in [0.1, 0.15) is 24.4 Å². The molecule has 458 valence electrons. The molecule has 3 aromatic carbocycles. The maximum atomic E-state index is 12.9. The van der Waals surface area contributed by atoms with Crippen LogP contribution in [0.5, 0.6) is 0 Å². The maximum absolute atomic E-state index is 12.9. The second-order valence-electron chi connectivity index (χ2n) is 24.8. The van der Waals surface area contributed by atoms with E-state index in [2.05, 4.69) is 90.0 Å². The molecule has 0 amide bonds. The van der Waals surface area contributed by atoms with Gasteiger partial charge in [0.2, 0.25) is 6.29 Å². The largest absolute Gasteiger partial charge is 0.457 e. The first-order valence-electron chi connectivity index (χ1n) is 31.1. The quantitative estimate of drug-likeness (QED) is 0.0476. The Balaban J connectivity index is 1.13. The van der Waals surface area contributed by atoms with Gasteiger partial charge in [-0.2, -0.15) is 0 Å². The molecule has 0 aromatic heterocycles. The van der Waals surface area contributed by atoms with Gasteiger partial charge in [-0.25, -0.2) is 9.78 Å². The van der Waals surface area contributed by atoms with Gasteiger partial charge in [0, 0.05) is 30.6 Å². The summed E-state index contributed by atoms with van der Waals surface area (Å²) in [5.41, 5.74) is 3.03. The van der Waals surface area contributed by atoms with Crippen molar-refractivity contribution in [2.45, 2.75) is 242 Å². The third kappa shape index (κ3) is 15.6. The van der Waals surface area contributed by atoms with E-state index in [1.54, 1.807) is 0 Å². The first-order valence-corrected chi connectivity index (χ1v) is 31.1. The summed E-state index contributed by atoms with van der Waals surface area (Å²) in [6.45, 7) is 32.7. The molecule has 5 aliphatic heterocycles. The van der Waals surface area contributed by atoms with Crippen molar-refractivity contribution in [3.8, 4) is 0 Å². The van der Waals surface area contributed by atoms with Gasteiger partial charge in [-0.15, -0.1) is 0 Å². The third-order valence-electron chi connectivity index (χ3n) is 19.5. The van der Waals surface area contributed by atoms with E-state index in [0.29, 0.717) is 25.0 Å². The molecular weight excluding hydrogens is 1040 g/mol. The van der Waals surface area contributed by atoms with Gasteiger partial charge in [-0.3, -0.25) is 4.79 Å². The van der Waals surface area contributed by atoms with Crippen molar-refractivity contribution in [3.05, 3.63) is 108 Å². The fourth-order valence-corrected chi connectivity index (χ4v) is 13.2. The lowest BCUT2D eigenvalue weighted by Crippen LogP contribution is -2.64. The van der Waals surface area contributed by atoms with E-state index in [0.717, 1.165) is 36.0 Å². The van der Waals surface area contributed by atoms with Crippen LogP contribution in [0.4, 0.5) is 0 Å². The zero-order valence-corrected chi connectivity index (χ0v) is 51.7. The van der Waals surface area contributed by atoms with Crippen LogP contribution in [0.25, 0.3) is 0 Å². The van der Waals surface area contributed by atoms with E-state index >= 15 is 0 Å². The van der Waals surface area contributed by atoms with Crippen LogP contribution in [0.2, 0.25) is 0 Å². The standard InChI is InChI=1S/C67H100O15/c1-16-53-39(5)38(4)45(11)64(73-53)80-61-43(9)41(7)55(18-3)75-67(61)82-81-48(14)57-47(13)59(79-65-60(72-49(15)68)42(8)40(6)54(17-2)74-65)62(70-35-51-30-24-20-25-31-51)66(77-57)78-58-44(10)46(12)63(71-36-52-32-26-21-27-33-52)76-56(58)37-69-34-50-28-22-19-23-29-50/h19-33,38-48,53-67H,16-18,34-37H2,1-15H3/t38-,39-,40+,41-,42?,43-,44+,45?,46?,47+,48?,53?,54?,55?,56?,57?,58-,59-,60-,61?,62?,63+,64-,65-,66-,67-/m0/s1. The Hall–Kier alpha value is -3.39. The zero-order chi connectivity index (χ0) is 58.8. The van der Waals surface area contributed by atoms with Crippen molar-refractivity contribution in [3.63, 3.8) is 0 Å². The smallest absolute Gasteiger partial charge is 0.303 e. The number of hydrogen-bond acceptors (Lipinski definition) is 15. The molecule has 15 nitrogen and oxygen atoms in total. The normalized spacial score (nSPS) is 40.3. The lowest BCUT2D eigenvalue weighted by Gasteiger charge is -2.52. The van der Waals surface area contributed by atoms with Crippen LogP contribution in [-0.4, -0.2) is 111 Å². The number of rotatable bonds is 24. The van der Waals surface area contributed by atoms with Gasteiger partial charge in [-0.05, 0) is 78.4 Å². The highest BCUT2D eigenvalue weighted by Gasteiger charge is 2.55. The monoisotopic (exact) mass is 1140 g/mol. The Kier molecular flexibility index (Phi) is 23.9. The van der Waals surface area contributed by atoms with Crippen LogP contribution < -0.4 is 0 Å². The highest BCUT2D eigenvalue weighted by atomic mass is 17.2. The Morgan fingerprint density at radius 2 is 0.866 bits per heavy atom. The van der Waals surface area contributed by atoms with E-state index in [4.69, 9.17) is 66.6 Å². The van der Waals surface area contributed by atoms with Crippen molar-refractivity contribution in [2.24, 2.45) is 59.2 Å². The van der Waals surface area contributed by atoms with Gasteiger partial charge in [0.25, 0.3) is 0 Å². The number of benzene rings is 3. The topological polar surface area (TPSA) is 146 Å². The van der Waals surface area contributed by atoms with E-state index in [-0.39, 0.29) is 73.0 Å². The summed E-state index contributed by atoms with van der Waals surface area (Å²) in [5, 5.41) is 0. The molecule has 3 aromatic rings. The number of ether oxygens (including phenoxy) is 12. The summed E-state index contributed by atoms with van der Waals surface area (Å²) in [5.74, 6) is -0.00196. The fourth-order valence-electron chi connectivity index (χ4n) is 13.2. The highest BCUT2D eigenvalue weighted by Crippen LogP contribution is 2.45. The SMILES string of the molecule is CCC1O[C@@H](O[C@@H]2C(OCc3ccccc3)[C@H](O[C@@H]3C(COCc4ccccc4)O[C@@H](OCc4ccccc4)C(C)[C@H]3C)OC(C(C)OO[C@@H]3OC(CC)[C@@H](C)[C@H](C)C3O[C@@H]3OC(CC)[C@@H](C)[C@H](C)C3C)[C@H]2C)[C@@H](OC(C)=O)C(C)[C@H]1C. The van der Waals surface area contributed by atoms with E-state index in [1.807, 2.05) is 97.9 Å². The molecule has 0 saturated carbocycles. The van der Waals surface area contributed by atoms with Crippen LogP contribution in [0.3, 0.4) is 0 Å². The predicted octanol–water partition coefficient (Wildman–Crippen LogP) is 12.6. The molecule has 82 heavy (non-hydrogen) atoms. The molecule has 15 heteroatoms. The molecule has 0 radical (unpaired) electrons. The van der Waals surface area contributed by atoms with Crippen molar-refractivity contribution in [2.75, 3.05) is 6.61 Å². The molecule has 0 aliphatic carbocycles. The predicted molar refractivity (Wildman–Crippen MR) is 310 cm³/mol. The van der Waals surface area contributed by atoms with Crippen LogP contribution in [0, 0.1) is 59.2 Å². The van der Waals surface area contributed by atoms with Crippen molar-refractivity contribution in [1.82, 2.24) is 0 Å². The Bertz CT molecular complexity index is 2330. The summed E-state index contributed by atoms with van der Waals surface area (Å²) in [6.07, 6.45) is -7.22. The minimum Gasteiger partial charge on any atom is -0.457 e. The molecule has 5 aliphatic rings. The first kappa shape index (κ1) is 64.6. The molecule has 11 unspecified atom stereocenters. The molecule has 8 rings (SSSR count). The number of carbonyl (C=O) groups excluding carboxylic acids is 1. The lowest BCUT2D eigenvalue weighted by molar-refractivity contribution is -0.458. The Morgan fingerprint density at radius 1 is 0.427 bits per heavy atom. The Labute approximate surface area is 490 Å². The van der Waals surface area contributed by atoms with E-state index in [1.165, 1.54) is 6.92 Å². The van der Waals surface area contributed by atoms with E-state index < -0.39 is 92.2 Å². The van der Waals surface area contributed by atoms with Crippen LogP contribution in [0.1, 0.15) is 140 Å². The van der Waals surface area contributed by atoms with Crippen molar-refractivity contribution < 1.29 is 71.4 Å². The molecule has 5 fully saturated rings. The molecule has 26 atom stereocenters. The van der Waals surface area contributed by atoms with Gasteiger partial charge in [0.15, 0.2) is 31.3 Å². The fraction of sp³-hybridized carbons (Fsp3) is 0.716. The highest BCUT2D eigenvalue weighted by molar-refractivity contribution is 5.66. The van der Waals surface area contributed by atoms with Gasteiger partial charge < -0.3 is 56.8 Å². The summed E-state index contributed by atoms with van der Waals surface area (Å²) in [7, 11) is 0. The van der Waals surface area contributed by atoms with E-state index in [9.17, 15) is 4.79 Å². The zero-order valence-electron chi connectivity index (χ0n) is 51.7. The van der Waals surface area contributed by atoms with Crippen LogP contribution in [0.15, 0.2) is 91.0 Å². The first-order chi connectivity index (χ1) is 39.4. The summed E-state index contributed by atoms with van der Waals surface area (Å²) in [6, 6.07) is 30.2.